The van der Waals surface area contributed by atoms with E-state index in [-0.39, 0.29) is 6.61 Å². The summed E-state index contributed by atoms with van der Waals surface area (Å²) in [6.45, 7) is 11.5. The Kier molecular flexibility index (Phi) is 3.80. The van der Waals surface area contributed by atoms with Gasteiger partial charge in [-0.2, -0.15) is 5.26 Å². The number of ether oxygens (including phenoxy) is 1. The Morgan fingerprint density at radius 2 is 1.75 bits per heavy atom. The van der Waals surface area contributed by atoms with E-state index < -0.39 is 0 Å². The van der Waals surface area contributed by atoms with Gasteiger partial charge in [-0.1, -0.05) is 39.8 Å². The first-order valence-corrected chi connectivity index (χ1v) is 7.16. The third-order valence-electron chi connectivity index (χ3n) is 5.12. The molecule has 1 unspecified atom stereocenters. The number of nitrogens with zero attached hydrogens (tertiary/aromatic N) is 1. The minimum Gasteiger partial charge on any atom is -0.479 e. The third-order valence-corrected chi connectivity index (χ3v) is 5.12. The molecule has 1 saturated carbocycles. The maximum atomic E-state index is 8.49. The molecule has 1 aromatic rings. The van der Waals surface area contributed by atoms with E-state index in [2.05, 4.69) is 52.1 Å². The molecule has 2 rings (SSSR count). The summed E-state index contributed by atoms with van der Waals surface area (Å²) in [6, 6.07) is 10.8. The molecular formula is C17H24N2O. The Bertz CT molecular complexity index is 497. The number of nitriles is 1. The molecule has 0 aromatic heterocycles. The second kappa shape index (κ2) is 5.10. The first kappa shape index (κ1) is 14.9. The van der Waals surface area contributed by atoms with Crippen molar-refractivity contribution in [3.8, 4) is 11.8 Å². The summed E-state index contributed by atoms with van der Waals surface area (Å²) in [5, 5.41) is 12.2. The van der Waals surface area contributed by atoms with Gasteiger partial charge in [-0.25, -0.2) is 0 Å². The molecule has 0 bridgehead atoms. The Balaban J connectivity index is 1.97. The van der Waals surface area contributed by atoms with Gasteiger partial charge in [0.05, 0.1) is 0 Å². The van der Waals surface area contributed by atoms with Crippen LogP contribution in [0.4, 0.5) is 0 Å². The molecule has 0 spiro atoms. The van der Waals surface area contributed by atoms with Crippen LogP contribution in [0.1, 0.15) is 46.2 Å². The summed E-state index contributed by atoms with van der Waals surface area (Å²) in [4.78, 5) is 0. The van der Waals surface area contributed by atoms with Crippen LogP contribution in [-0.4, -0.2) is 12.6 Å². The highest BCUT2D eigenvalue weighted by Crippen LogP contribution is 2.63. The number of hydrogen-bond acceptors (Lipinski definition) is 3. The number of hydrogen-bond donors (Lipinski definition) is 1. The van der Waals surface area contributed by atoms with Crippen molar-refractivity contribution in [3.05, 3.63) is 29.8 Å². The maximum absolute atomic E-state index is 8.49. The zero-order chi connectivity index (χ0) is 15.0. The summed E-state index contributed by atoms with van der Waals surface area (Å²) < 4.78 is 5.27. The van der Waals surface area contributed by atoms with Crippen molar-refractivity contribution in [1.29, 1.82) is 5.26 Å². The lowest BCUT2D eigenvalue weighted by molar-refractivity contribution is 0.368. The molecule has 1 atom stereocenters. The highest BCUT2D eigenvalue weighted by atomic mass is 16.5. The zero-order valence-electron chi connectivity index (χ0n) is 13.0. The van der Waals surface area contributed by atoms with E-state index in [1.807, 2.05) is 18.2 Å². The predicted octanol–water partition coefficient (Wildman–Crippen LogP) is 3.67. The van der Waals surface area contributed by atoms with E-state index in [9.17, 15) is 0 Å². The first-order valence-electron chi connectivity index (χ1n) is 7.16. The van der Waals surface area contributed by atoms with Crippen molar-refractivity contribution in [2.24, 2.45) is 10.8 Å². The van der Waals surface area contributed by atoms with E-state index in [1.165, 1.54) is 5.56 Å². The number of nitrogens with one attached hydrogen (secondary N) is 1. The van der Waals surface area contributed by atoms with Crippen LogP contribution in [0.3, 0.4) is 0 Å². The molecule has 1 fully saturated rings. The van der Waals surface area contributed by atoms with Crippen LogP contribution in [0.5, 0.6) is 5.75 Å². The van der Waals surface area contributed by atoms with Crippen LogP contribution >= 0.6 is 0 Å². The van der Waals surface area contributed by atoms with E-state index in [4.69, 9.17) is 10.00 Å². The summed E-state index contributed by atoms with van der Waals surface area (Å²) in [6.07, 6.45) is 0. The van der Waals surface area contributed by atoms with Gasteiger partial charge in [-0.05, 0) is 35.4 Å². The lowest BCUT2D eigenvalue weighted by Crippen LogP contribution is -2.25. The summed E-state index contributed by atoms with van der Waals surface area (Å²) in [5.74, 6) is 0.745. The van der Waals surface area contributed by atoms with Crippen LogP contribution in [0.15, 0.2) is 24.3 Å². The van der Waals surface area contributed by atoms with E-state index in [1.54, 1.807) is 0 Å². The van der Waals surface area contributed by atoms with Gasteiger partial charge in [0.15, 0.2) is 6.61 Å². The van der Waals surface area contributed by atoms with Crippen molar-refractivity contribution in [2.45, 2.75) is 46.7 Å². The second-order valence-corrected chi connectivity index (χ2v) is 6.78. The van der Waals surface area contributed by atoms with E-state index >= 15 is 0 Å². The van der Waals surface area contributed by atoms with Crippen LogP contribution in [-0.2, 0) is 0 Å². The standard InChI is InChI=1S/C17H24N2O/c1-12(19-15-16(2,3)17(15,4)5)13-6-8-14(9-7-13)20-11-10-18/h6-9,12,15,19H,11H2,1-5H3. The topological polar surface area (TPSA) is 45.0 Å². The monoisotopic (exact) mass is 272 g/mol. The lowest BCUT2D eigenvalue weighted by Gasteiger charge is -2.16. The molecule has 1 aliphatic rings. The molecule has 1 N–H and O–H groups in total. The summed E-state index contributed by atoms with van der Waals surface area (Å²) in [7, 11) is 0. The zero-order valence-corrected chi connectivity index (χ0v) is 13.0. The maximum Gasteiger partial charge on any atom is 0.174 e. The summed E-state index contributed by atoms with van der Waals surface area (Å²) in [5.41, 5.74) is 1.93. The fraction of sp³-hybridized carbons (Fsp3) is 0.588. The van der Waals surface area contributed by atoms with Gasteiger partial charge in [0.1, 0.15) is 11.8 Å². The Hall–Kier alpha value is -1.53. The van der Waals surface area contributed by atoms with E-state index in [0.717, 1.165) is 5.75 Å². The fourth-order valence-electron chi connectivity index (χ4n) is 2.93. The molecule has 108 valence electrons. The number of rotatable bonds is 5. The first-order chi connectivity index (χ1) is 9.30. The average molecular weight is 272 g/mol. The Morgan fingerprint density at radius 1 is 1.20 bits per heavy atom. The van der Waals surface area contributed by atoms with Gasteiger partial charge >= 0.3 is 0 Å². The predicted molar refractivity (Wildman–Crippen MR) is 80.5 cm³/mol. The van der Waals surface area contributed by atoms with Crippen LogP contribution < -0.4 is 10.1 Å². The van der Waals surface area contributed by atoms with Crippen LogP contribution in [0, 0.1) is 22.2 Å². The second-order valence-electron chi connectivity index (χ2n) is 6.78. The van der Waals surface area contributed by atoms with Crippen molar-refractivity contribution in [1.82, 2.24) is 5.32 Å². The van der Waals surface area contributed by atoms with Gasteiger partial charge in [-0.3, -0.25) is 0 Å². The quantitative estimate of drug-likeness (QED) is 0.889. The van der Waals surface area contributed by atoms with Gasteiger partial charge in [-0.15, -0.1) is 0 Å². The highest BCUT2D eigenvalue weighted by molar-refractivity contribution is 5.30. The smallest absolute Gasteiger partial charge is 0.174 e. The average Bonchev–Trinajstić information content (AvgIpc) is 2.79. The van der Waals surface area contributed by atoms with Gasteiger partial charge in [0.2, 0.25) is 0 Å². The molecule has 0 heterocycles. The minimum atomic E-state index is 0.0948. The highest BCUT2D eigenvalue weighted by Gasteiger charge is 2.64. The molecule has 0 saturated heterocycles. The largest absolute Gasteiger partial charge is 0.479 e. The number of benzene rings is 1. The molecule has 0 radical (unpaired) electrons. The minimum absolute atomic E-state index is 0.0948. The van der Waals surface area contributed by atoms with Crippen molar-refractivity contribution in [3.63, 3.8) is 0 Å². The molecule has 1 aromatic carbocycles. The van der Waals surface area contributed by atoms with Crippen molar-refractivity contribution < 1.29 is 4.74 Å². The molecule has 0 aliphatic heterocycles. The molecular weight excluding hydrogens is 248 g/mol. The van der Waals surface area contributed by atoms with Crippen molar-refractivity contribution >= 4 is 0 Å². The Labute approximate surface area is 121 Å². The fourth-order valence-corrected chi connectivity index (χ4v) is 2.93. The van der Waals surface area contributed by atoms with Gasteiger partial charge in [0, 0.05) is 12.1 Å². The van der Waals surface area contributed by atoms with Crippen molar-refractivity contribution in [2.75, 3.05) is 6.61 Å². The molecule has 3 nitrogen and oxygen atoms in total. The van der Waals surface area contributed by atoms with Crippen LogP contribution in [0.2, 0.25) is 0 Å². The molecule has 3 heteroatoms. The Morgan fingerprint density at radius 3 is 2.20 bits per heavy atom. The third kappa shape index (κ3) is 2.53. The van der Waals surface area contributed by atoms with E-state index in [0.29, 0.717) is 22.9 Å². The van der Waals surface area contributed by atoms with Gasteiger partial charge < -0.3 is 10.1 Å². The SMILES string of the molecule is CC(NC1C(C)(C)C1(C)C)c1ccc(OCC#N)cc1. The summed E-state index contributed by atoms with van der Waals surface area (Å²) >= 11 is 0. The molecule has 1 aliphatic carbocycles. The van der Waals surface area contributed by atoms with Gasteiger partial charge in [0.25, 0.3) is 0 Å². The normalized spacial score (nSPS) is 21.0. The van der Waals surface area contributed by atoms with Crippen LogP contribution in [0.25, 0.3) is 0 Å². The molecule has 20 heavy (non-hydrogen) atoms. The molecule has 0 amide bonds. The lowest BCUT2D eigenvalue weighted by atomic mass is 10.0.